The van der Waals surface area contributed by atoms with Gasteiger partial charge in [0.05, 0.1) is 13.2 Å². The first-order valence-corrected chi connectivity index (χ1v) is 7.98. The third kappa shape index (κ3) is 5.26. The summed E-state index contributed by atoms with van der Waals surface area (Å²) >= 11 is 0. The van der Waals surface area contributed by atoms with E-state index in [2.05, 4.69) is 4.99 Å². The molecule has 0 aliphatic heterocycles. The lowest BCUT2D eigenvalue weighted by Crippen LogP contribution is -2.29. The summed E-state index contributed by atoms with van der Waals surface area (Å²) < 4.78 is 61.2. The highest BCUT2D eigenvalue weighted by Crippen LogP contribution is 2.58. The van der Waals surface area contributed by atoms with Crippen LogP contribution in [0.25, 0.3) is 0 Å². The first kappa shape index (κ1) is 17.9. The molecular formula is C13H17F3NO3P. The molecule has 0 aliphatic carbocycles. The van der Waals surface area contributed by atoms with E-state index >= 15 is 0 Å². The summed E-state index contributed by atoms with van der Waals surface area (Å²) in [6.45, 7) is 2.56. The Hall–Kier alpha value is -1.17. The lowest BCUT2D eigenvalue weighted by molar-refractivity contribution is -0.133. The largest absolute Gasteiger partial charge is 0.422 e. The standard InChI is InChI=1S/C13H17F3NO3P/c1-3-19-21(18,20-4-2)12(13(14,15)16)17-10-11-8-6-5-7-9-11/h5-10,12H,3-4H2,1-2H3/t12-/m1/s1. The minimum Gasteiger partial charge on any atom is -0.307 e. The van der Waals surface area contributed by atoms with Crippen LogP contribution in [-0.2, 0) is 13.6 Å². The summed E-state index contributed by atoms with van der Waals surface area (Å²) in [5.41, 5.74) is 0.464. The fourth-order valence-corrected chi connectivity index (χ4v) is 3.24. The number of benzene rings is 1. The molecule has 0 unspecified atom stereocenters. The molecule has 0 bridgehead atoms. The van der Waals surface area contributed by atoms with Gasteiger partial charge in [-0.25, -0.2) is 0 Å². The van der Waals surface area contributed by atoms with Gasteiger partial charge in [0.2, 0.25) is 5.78 Å². The Balaban J connectivity index is 3.11. The van der Waals surface area contributed by atoms with Gasteiger partial charge < -0.3 is 9.05 Å². The Morgan fingerprint density at radius 2 is 1.71 bits per heavy atom. The van der Waals surface area contributed by atoms with E-state index in [-0.39, 0.29) is 13.2 Å². The lowest BCUT2D eigenvalue weighted by Gasteiger charge is -2.24. The van der Waals surface area contributed by atoms with Gasteiger partial charge in [-0.15, -0.1) is 0 Å². The molecule has 21 heavy (non-hydrogen) atoms. The molecule has 1 aromatic carbocycles. The van der Waals surface area contributed by atoms with Crippen molar-refractivity contribution in [3.05, 3.63) is 35.9 Å². The van der Waals surface area contributed by atoms with E-state index in [1.54, 1.807) is 30.3 Å². The van der Waals surface area contributed by atoms with E-state index < -0.39 is 19.6 Å². The Kier molecular flexibility index (Phi) is 6.58. The van der Waals surface area contributed by atoms with Gasteiger partial charge in [-0.3, -0.25) is 9.56 Å². The molecule has 1 atom stereocenters. The van der Waals surface area contributed by atoms with Crippen molar-refractivity contribution in [2.75, 3.05) is 13.2 Å². The average Bonchev–Trinajstić information content (AvgIpc) is 2.39. The van der Waals surface area contributed by atoms with Crippen molar-refractivity contribution in [1.29, 1.82) is 0 Å². The predicted molar refractivity (Wildman–Crippen MR) is 74.7 cm³/mol. The van der Waals surface area contributed by atoms with Gasteiger partial charge in [0.15, 0.2) is 0 Å². The number of nitrogens with zero attached hydrogens (tertiary/aromatic N) is 1. The SMILES string of the molecule is CCOP(=O)(OCC)[C@@H](N=Cc1ccccc1)C(F)(F)F. The fraction of sp³-hybridized carbons (Fsp3) is 0.462. The summed E-state index contributed by atoms with van der Waals surface area (Å²) in [6, 6.07) is 8.22. The van der Waals surface area contributed by atoms with Crippen molar-refractivity contribution in [3.63, 3.8) is 0 Å². The maximum absolute atomic E-state index is 13.1. The van der Waals surface area contributed by atoms with Gasteiger partial charge in [-0.2, -0.15) is 13.2 Å². The molecule has 1 rings (SSSR count). The molecule has 0 saturated carbocycles. The second-order valence-electron chi connectivity index (χ2n) is 3.98. The molecule has 0 fully saturated rings. The molecule has 0 heterocycles. The molecule has 4 nitrogen and oxygen atoms in total. The monoisotopic (exact) mass is 323 g/mol. The van der Waals surface area contributed by atoms with E-state index in [0.717, 1.165) is 6.21 Å². The summed E-state index contributed by atoms with van der Waals surface area (Å²) in [7, 11) is -4.41. The zero-order valence-electron chi connectivity index (χ0n) is 11.7. The Bertz CT molecular complexity index is 495. The first-order chi connectivity index (χ1) is 9.83. The number of halogens is 3. The minimum absolute atomic E-state index is 0.162. The molecule has 8 heteroatoms. The van der Waals surface area contributed by atoms with Gasteiger partial charge in [0.1, 0.15) is 0 Å². The molecule has 0 saturated heterocycles. The molecular weight excluding hydrogens is 306 g/mol. The van der Waals surface area contributed by atoms with E-state index in [0.29, 0.717) is 5.56 Å². The topological polar surface area (TPSA) is 47.9 Å². The number of hydrogen-bond donors (Lipinski definition) is 0. The van der Waals surface area contributed by atoms with Crippen LogP contribution in [0.3, 0.4) is 0 Å². The molecule has 0 aromatic heterocycles. The molecule has 0 aliphatic rings. The molecule has 0 spiro atoms. The Labute approximate surface area is 121 Å². The molecule has 0 N–H and O–H groups in total. The second-order valence-corrected chi connectivity index (χ2v) is 6.06. The van der Waals surface area contributed by atoms with Crippen LogP contribution in [0.4, 0.5) is 13.2 Å². The summed E-state index contributed by atoms with van der Waals surface area (Å²) in [6.07, 6.45) is -3.81. The predicted octanol–water partition coefficient (Wildman–Crippen LogP) is 4.26. The van der Waals surface area contributed by atoms with Gasteiger partial charge in [-0.05, 0) is 19.4 Å². The quantitative estimate of drug-likeness (QED) is 0.556. The van der Waals surface area contributed by atoms with Crippen LogP contribution < -0.4 is 0 Å². The molecule has 118 valence electrons. The average molecular weight is 323 g/mol. The third-order valence-electron chi connectivity index (χ3n) is 2.37. The van der Waals surface area contributed by atoms with Crippen LogP contribution >= 0.6 is 7.60 Å². The summed E-state index contributed by atoms with van der Waals surface area (Å²) in [5, 5.41) is 0. The van der Waals surface area contributed by atoms with Crippen molar-refractivity contribution >= 4 is 13.8 Å². The van der Waals surface area contributed by atoms with Crippen LogP contribution in [0.2, 0.25) is 0 Å². The highest BCUT2D eigenvalue weighted by molar-refractivity contribution is 7.54. The van der Waals surface area contributed by atoms with Crippen molar-refractivity contribution in [2.24, 2.45) is 4.99 Å². The highest BCUT2D eigenvalue weighted by atomic mass is 31.2. The molecule has 1 aromatic rings. The van der Waals surface area contributed by atoms with Crippen molar-refractivity contribution in [2.45, 2.75) is 25.8 Å². The Morgan fingerprint density at radius 1 is 1.19 bits per heavy atom. The van der Waals surface area contributed by atoms with Gasteiger partial charge in [-0.1, -0.05) is 30.3 Å². The fourth-order valence-electron chi connectivity index (χ4n) is 1.58. The maximum atomic E-state index is 13.1. The molecule has 0 amide bonds. The van der Waals surface area contributed by atoms with Gasteiger partial charge in [0.25, 0.3) is 0 Å². The number of alkyl halides is 3. The third-order valence-corrected chi connectivity index (χ3v) is 4.64. The number of rotatable bonds is 7. The first-order valence-electron chi connectivity index (χ1n) is 6.37. The normalized spacial score (nSPS) is 14.5. The van der Waals surface area contributed by atoms with E-state index in [1.807, 2.05) is 0 Å². The number of aliphatic imine (C=N–C) groups is 1. The lowest BCUT2D eigenvalue weighted by atomic mass is 10.2. The van der Waals surface area contributed by atoms with E-state index in [4.69, 9.17) is 9.05 Å². The van der Waals surface area contributed by atoms with Crippen molar-refractivity contribution < 1.29 is 26.8 Å². The van der Waals surface area contributed by atoms with Crippen molar-refractivity contribution in [1.82, 2.24) is 0 Å². The highest BCUT2D eigenvalue weighted by Gasteiger charge is 2.53. The van der Waals surface area contributed by atoms with Crippen molar-refractivity contribution in [3.8, 4) is 0 Å². The van der Waals surface area contributed by atoms with Gasteiger partial charge >= 0.3 is 13.8 Å². The zero-order chi connectivity index (χ0) is 15.9. The molecule has 0 radical (unpaired) electrons. The van der Waals surface area contributed by atoms with Crippen LogP contribution in [0.5, 0.6) is 0 Å². The van der Waals surface area contributed by atoms with E-state index in [1.165, 1.54) is 13.8 Å². The Morgan fingerprint density at radius 3 is 2.14 bits per heavy atom. The van der Waals surface area contributed by atoms with Crippen LogP contribution in [0.15, 0.2) is 35.3 Å². The summed E-state index contributed by atoms with van der Waals surface area (Å²) in [5.74, 6) is -2.54. The smallest absolute Gasteiger partial charge is 0.307 e. The maximum Gasteiger partial charge on any atom is 0.422 e. The van der Waals surface area contributed by atoms with E-state index in [9.17, 15) is 17.7 Å². The second kappa shape index (κ2) is 7.73. The zero-order valence-corrected chi connectivity index (χ0v) is 12.6. The van der Waals surface area contributed by atoms with Crippen LogP contribution in [0, 0.1) is 0 Å². The van der Waals surface area contributed by atoms with Crippen LogP contribution in [-0.4, -0.2) is 31.4 Å². The number of hydrogen-bond acceptors (Lipinski definition) is 4. The minimum atomic E-state index is -4.83. The van der Waals surface area contributed by atoms with Crippen LogP contribution in [0.1, 0.15) is 19.4 Å². The van der Waals surface area contributed by atoms with Gasteiger partial charge in [0, 0.05) is 6.21 Å². The summed E-state index contributed by atoms with van der Waals surface area (Å²) in [4.78, 5) is 3.41.